The van der Waals surface area contributed by atoms with Gasteiger partial charge in [-0.2, -0.15) is 0 Å². The molecule has 1 spiro atoms. The predicted molar refractivity (Wildman–Crippen MR) is 114 cm³/mol. The first-order valence-electron chi connectivity index (χ1n) is 10.9. The van der Waals surface area contributed by atoms with Gasteiger partial charge < -0.3 is 18.9 Å². The van der Waals surface area contributed by atoms with Crippen molar-refractivity contribution in [3.63, 3.8) is 0 Å². The second-order valence-electron chi connectivity index (χ2n) is 8.47. The van der Waals surface area contributed by atoms with Crippen molar-refractivity contribution < 1.29 is 9.47 Å². The molecule has 1 aromatic carbocycles. The average Bonchev–Trinajstić information content (AvgIpc) is 3.32. The number of ether oxygens (including phenoxy) is 2. The Balaban J connectivity index is 1.14. The molecular weight excluding hydrogens is 364 g/mol. The SMILES string of the molecule is Cn1ccnc1CN1CCOC2(CCN(CCCCOCc3ccccc3)C2)C1. The number of hydrogen-bond acceptors (Lipinski definition) is 5. The Bertz CT molecular complexity index is 750. The molecular formula is C23H34N4O2. The van der Waals surface area contributed by atoms with Gasteiger partial charge in [0.05, 0.1) is 25.4 Å². The highest BCUT2D eigenvalue weighted by Crippen LogP contribution is 2.30. The maximum Gasteiger partial charge on any atom is 0.122 e. The van der Waals surface area contributed by atoms with Gasteiger partial charge in [-0.3, -0.25) is 4.90 Å². The van der Waals surface area contributed by atoms with E-state index in [1.807, 2.05) is 18.5 Å². The summed E-state index contributed by atoms with van der Waals surface area (Å²) in [5, 5.41) is 0. The number of likely N-dealkylation sites (tertiary alicyclic amines) is 1. The van der Waals surface area contributed by atoms with Gasteiger partial charge in [0.1, 0.15) is 5.82 Å². The molecule has 1 unspecified atom stereocenters. The van der Waals surface area contributed by atoms with Gasteiger partial charge in [-0.05, 0) is 31.4 Å². The Hall–Kier alpha value is -1.73. The van der Waals surface area contributed by atoms with Crippen LogP contribution in [0.4, 0.5) is 0 Å². The van der Waals surface area contributed by atoms with Crippen molar-refractivity contribution in [3.8, 4) is 0 Å². The van der Waals surface area contributed by atoms with Crippen LogP contribution in [0.15, 0.2) is 42.7 Å². The summed E-state index contributed by atoms with van der Waals surface area (Å²) in [7, 11) is 2.07. The Morgan fingerprint density at radius 3 is 2.79 bits per heavy atom. The second-order valence-corrected chi connectivity index (χ2v) is 8.47. The fraction of sp³-hybridized carbons (Fsp3) is 0.609. The fourth-order valence-corrected chi connectivity index (χ4v) is 4.48. The lowest BCUT2D eigenvalue weighted by atomic mass is 10.0. The highest BCUT2D eigenvalue weighted by atomic mass is 16.5. The second kappa shape index (κ2) is 9.85. The topological polar surface area (TPSA) is 42.8 Å². The fourth-order valence-electron chi connectivity index (χ4n) is 4.48. The zero-order valence-electron chi connectivity index (χ0n) is 17.6. The van der Waals surface area contributed by atoms with E-state index in [0.717, 1.165) is 71.1 Å². The number of aromatic nitrogens is 2. The van der Waals surface area contributed by atoms with Crippen molar-refractivity contribution in [1.29, 1.82) is 0 Å². The predicted octanol–water partition coefficient (Wildman–Crippen LogP) is 2.69. The number of morpholine rings is 1. The first-order valence-corrected chi connectivity index (χ1v) is 10.9. The summed E-state index contributed by atoms with van der Waals surface area (Å²) in [6, 6.07) is 10.4. The van der Waals surface area contributed by atoms with Crippen LogP contribution in [0.2, 0.25) is 0 Å². The monoisotopic (exact) mass is 398 g/mol. The smallest absolute Gasteiger partial charge is 0.122 e. The number of imidazole rings is 1. The minimum Gasteiger partial charge on any atom is -0.377 e. The zero-order valence-corrected chi connectivity index (χ0v) is 17.6. The molecule has 0 saturated carbocycles. The number of nitrogens with zero attached hydrogens (tertiary/aromatic N) is 4. The quantitative estimate of drug-likeness (QED) is 0.608. The Kier molecular flexibility index (Phi) is 6.98. The standard InChI is InChI=1S/C23H34N4O2/c1-25-13-10-24-22(25)17-27-14-16-29-23(20-27)9-12-26(19-23)11-5-6-15-28-18-21-7-3-2-4-8-21/h2-4,7-8,10,13H,5-6,9,11-12,14-20H2,1H3. The van der Waals surface area contributed by atoms with E-state index >= 15 is 0 Å². The molecule has 6 heteroatoms. The van der Waals surface area contributed by atoms with Gasteiger partial charge in [0.15, 0.2) is 0 Å². The lowest BCUT2D eigenvalue weighted by molar-refractivity contribution is -0.104. The van der Waals surface area contributed by atoms with Gasteiger partial charge in [-0.1, -0.05) is 30.3 Å². The van der Waals surface area contributed by atoms with Gasteiger partial charge in [0.2, 0.25) is 0 Å². The molecule has 0 N–H and O–H groups in total. The summed E-state index contributed by atoms with van der Waals surface area (Å²) >= 11 is 0. The van der Waals surface area contributed by atoms with Crippen LogP contribution in [0.1, 0.15) is 30.7 Å². The number of benzene rings is 1. The van der Waals surface area contributed by atoms with Crippen molar-refractivity contribution in [2.24, 2.45) is 7.05 Å². The van der Waals surface area contributed by atoms with E-state index in [-0.39, 0.29) is 5.60 Å². The van der Waals surface area contributed by atoms with E-state index < -0.39 is 0 Å². The highest BCUT2D eigenvalue weighted by Gasteiger charge is 2.42. The molecule has 0 amide bonds. The Morgan fingerprint density at radius 1 is 1.10 bits per heavy atom. The maximum atomic E-state index is 6.29. The molecule has 0 bridgehead atoms. The third-order valence-corrected chi connectivity index (χ3v) is 6.13. The van der Waals surface area contributed by atoms with Gasteiger partial charge in [-0.25, -0.2) is 4.98 Å². The van der Waals surface area contributed by atoms with Crippen molar-refractivity contribution in [1.82, 2.24) is 19.4 Å². The van der Waals surface area contributed by atoms with Crippen LogP contribution in [0.25, 0.3) is 0 Å². The summed E-state index contributed by atoms with van der Waals surface area (Å²) in [6.45, 7) is 8.62. The summed E-state index contributed by atoms with van der Waals surface area (Å²) in [5.41, 5.74) is 1.26. The number of hydrogen-bond donors (Lipinski definition) is 0. The lowest BCUT2D eigenvalue weighted by Crippen LogP contribution is -2.53. The Labute approximate surface area is 174 Å². The Morgan fingerprint density at radius 2 is 1.97 bits per heavy atom. The molecule has 2 aliphatic heterocycles. The molecule has 1 atom stereocenters. The molecule has 2 aromatic rings. The van der Waals surface area contributed by atoms with E-state index in [9.17, 15) is 0 Å². The van der Waals surface area contributed by atoms with Crippen LogP contribution < -0.4 is 0 Å². The molecule has 2 aliphatic rings. The summed E-state index contributed by atoms with van der Waals surface area (Å²) in [5.74, 6) is 1.13. The molecule has 4 rings (SSSR count). The highest BCUT2D eigenvalue weighted by molar-refractivity contribution is 5.13. The van der Waals surface area contributed by atoms with E-state index in [4.69, 9.17) is 9.47 Å². The van der Waals surface area contributed by atoms with Crippen LogP contribution in [0.5, 0.6) is 0 Å². The van der Waals surface area contributed by atoms with Gasteiger partial charge in [-0.15, -0.1) is 0 Å². The van der Waals surface area contributed by atoms with Crippen LogP contribution in [0, 0.1) is 0 Å². The van der Waals surface area contributed by atoms with Gasteiger partial charge >= 0.3 is 0 Å². The first-order chi connectivity index (χ1) is 14.2. The normalized spacial score (nSPS) is 23.2. The number of rotatable bonds is 9. The largest absolute Gasteiger partial charge is 0.377 e. The van der Waals surface area contributed by atoms with E-state index in [2.05, 4.69) is 50.7 Å². The molecule has 158 valence electrons. The van der Waals surface area contributed by atoms with Gasteiger partial charge in [0.25, 0.3) is 0 Å². The number of unbranched alkanes of at least 4 members (excludes halogenated alkanes) is 1. The number of aryl methyl sites for hydroxylation is 1. The van der Waals surface area contributed by atoms with Crippen molar-refractivity contribution in [3.05, 3.63) is 54.1 Å². The van der Waals surface area contributed by atoms with E-state index in [1.54, 1.807) is 0 Å². The van der Waals surface area contributed by atoms with Crippen LogP contribution in [0.3, 0.4) is 0 Å². The van der Waals surface area contributed by atoms with Crippen molar-refractivity contribution in [2.75, 3.05) is 45.9 Å². The maximum absolute atomic E-state index is 6.29. The molecule has 3 heterocycles. The molecule has 29 heavy (non-hydrogen) atoms. The minimum atomic E-state index is 0.00717. The third-order valence-electron chi connectivity index (χ3n) is 6.13. The molecule has 0 radical (unpaired) electrons. The van der Waals surface area contributed by atoms with Crippen molar-refractivity contribution >= 4 is 0 Å². The zero-order chi connectivity index (χ0) is 19.9. The first kappa shape index (κ1) is 20.5. The minimum absolute atomic E-state index is 0.00717. The van der Waals surface area contributed by atoms with E-state index in [0.29, 0.717) is 6.61 Å². The summed E-state index contributed by atoms with van der Waals surface area (Å²) < 4.78 is 14.2. The van der Waals surface area contributed by atoms with Crippen molar-refractivity contribution in [2.45, 2.75) is 38.0 Å². The summed E-state index contributed by atoms with van der Waals surface area (Å²) in [4.78, 5) is 9.56. The van der Waals surface area contributed by atoms with Crippen LogP contribution in [-0.4, -0.2) is 70.9 Å². The lowest BCUT2D eigenvalue weighted by Gasteiger charge is -2.40. The molecule has 2 fully saturated rings. The molecule has 6 nitrogen and oxygen atoms in total. The van der Waals surface area contributed by atoms with Gasteiger partial charge in [0, 0.05) is 52.2 Å². The summed E-state index contributed by atoms with van der Waals surface area (Å²) in [6.07, 6.45) is 7.33. The molecule has 2 saturated heterocycles. The molecule has 0 aliphatic carbocycles. The van der Waals surface area contributed by atoms with Crippen LogP contribution in [-0.2, 0) is 29.7 Å². The van der Waals surface area contributed by atoms with Crippen LogP contribution >= 0.6 is 0 Å². The average molecular weight is 399 g/mol. The third kappa shape index (κ3) is 5.66. The van der Waals surface area contributed by atoms with E-state index in [1.165, 1.54) is 12.0 Å². The molecule has 1 aromatic heterocycles.